The van der Waals surface area contributed by atoms with E-state index in [1.807, 2.05) is 24.4 Å². The minimum absolute atomic E-state index is 0.214. The monoisotopic (exact) mass is 493 g/mol. The molecular formula is C28H24FN7O. The van der Waals surface area contributed by atoms with Gasteiger partial charge < -0.3 is 14.3 Å². The van der Waals surface area contributed by atoms with E-state index in [-0.39, 0.29) is 5.82 Å². The van der Waals surface area contributed by atoms with Gasteiger partial charge in [0.05, 0.1) is 23.8 Å². The van der Waals surface area contributed by atoms with Crippen LogP contribution in [0.25, 0.3) is 44.4 Å². The summed E-state index contributed by atoms with van der Waals surface area (Å²) < 4.78 is 19.4. The number of fused-ring (bicyclic) bond motifs is 2. The second-order valence-corrected chi connectivity index (χ2v) is 9.34. The van der Waals surface area contributed by atoms with E-state index in [0.29, 0.717) is 18.3 Å². The second kappa shape index (κ2) is 8.86. The summed E-state index contributed by atoms with van der Waals surface area (Å²) >= 11 is 0. The quantitative estimate of drug-likeness (QED) is 0.342. The first-order valence-corrected chi connectivity index (χ1v) is 12.3. The molecule has 1 fully saturated rings. The molecule has 3 aromatic carbocycles. The van der Waals surface area contributed by atoms with Crippen LogP contribution in [0.3, 0.4) is 0 Å². The highest BCUT2D eigenvalue weighted by molar-refractivity contribution is 6.01. The molecule has 37 heavy (non-hydrogen) atoms. The standard InChI is InChI=1S/C28H24FN7O/c29-19-4-6-20(7-5-19)36-12-10-35(11-13-36)17-27-33-34-28(37-27)23-14-18(15-26-24(23)16-31-32-26)21-2-1-3-25-22(21)8-9-30-25/h1-9,14-16,30H,10-13,17H2,(H,31,32). The van der Waals surface area contributed by atoms with Gasteiger partial charge in [0, 0.05) is 54.4 Å². The Hall–Kier alpha value is -4.50. The van der Waals surface area contributed by atoms with Crippen LogP contribution in [-0.2, 0) is 6.54 Å². The van der Waals surface area contributed by atoms with Gasteiger partial charge in [0.2, 0.25) is 11.8 Å². The molecule has 2 N–H and O–H groups in total. The van der Waals surface area contributed by atoms with E-state index in [1.165, 1.54) is 12.1 Å². The lowest BCUT2D eigenvalue weighted by atomic mass is 9.98. The fourth-order valence-electron chi connectivity index (χ4n) is 5.15. The van der Waals surface area contributed by atoms with Gasteiger partial charge in [-0.1, -0.05) is 12.1 Å². The molecule has 3 aromatic heterocycles. The largest absolute Gasteiger partial charge is 0.419 e. The maximum Gasteiger partial charge on any atom is 0.248 e. The number of nitrogens with one attached hydrogen (secondary N) is 2. The Morgan fingerprint density at radius 2 is 1.73 bits per heavy atom. The number of hydrogen-bond donors (Lipinski definition) is 2. The Kier molecular flexibility index (Phi) is 5.21. The molecule has 0 amide bonds. The summed E-state index contributed by atoms with van der Waals surface area (Å²) in [5.74, 6) is 0.851. The van der Waals surface area contributed by atoms with Gasteiger partial charge >= 0.3 is 0 Å². The van der Waals surface area contributed by atoms with Crippen LogP contribution in [0.1, 0.15) is 5.89 Å². The number of aromatic nitrogens is 5. The second-order valence-electron chi connectivity index (χ2n) is 9.34. The third-order valence-corrected chi connectivity index (χ3v) is 7.08. The number of halogens is 1. The van der Waals surface area contributed by atoms with Crippen LogP contribution in [0, 0.1) is 5.82 Å². The van der Waals surface area contributed by atoms with Gasteiger partial charge in [-0.15, -0.1) is 10.2 Å². The van der Waals surface area contributed by atoms with Gasteiger partial charge in [0.25, 0.3) is 0 Å². The highest BCUT2D eigenvalue weighted by atomic mass is 19.1. The zero-order chi connectivity index (χ0) is 24.8. The highest BCUT2D eigenvalue weighted by Gasteiger charge is 2.21. The van der Waals surface area contributed by atoms with E-state index in [4.69, 9.17) is 4.42 Å². The number of piperazine rings is 1. The van der Waals surface area contributed by atoms with E-state index in [1.54, 1.807) is 6.20 Å². The number of hydrogen-bond acceptors (Lipinski definition) is 6. The molecule has 1 aliphatic rings. The summed E-state index contributed by atoms with van der Waals surface area (Å²) in [5, 5.41) is 18.2. The predicted octanol–water partition coefficient (Wildman–Crippen LogP) is 5.22. The van der Waals surface area contributed by atoms with Crippen molar-refractivity contribution in [3.8, 4) is 22.6 Å². The molecule has 0 bridgehead atoms. The molecule has 0 atom stereocenters. The van der Waals surface area contributed by atoms with Crippen molar-refractivity contribution >= 4 is 27.5 Å². The van der Waals surface area contributed by atoms with E-state index in [0.717, 1.165) is 70.4 Å². The Labute approximate surface area is 211 Å². The van der Waals surface area contributed by atoms with Crippen LogP contribution in [0.5, 0.6) is 0 Å². The van der Waals surface area contributed by atoms with Crippen LogP contribution in [0.4, 0.5) is 10.1 Å². The Bertz CT molecular complexity index is 1690. The molecule has 1 saturated heterocycles. The molecule has 1 aliphatic heterocycles. The van der Waals surface area contributed by atoms with Crippen molar-refractivity contribution in [3.05, 3.63) is 84.8 Å². The first-order valence-electron chi connectivity index (χ1n) is 12.3. The van der Waals surface area contributed by atoms with Crippen molar-refractivity contribution < 1.29 is 8.81 Å². The van der Waals surface area contributed by atoms with Crippen LogP contribution in [-0.4, -0.2) is 56.5 Å². The first kappa shape index (κ1) is 21.8. The molecule has 6 aromatic rings. The van der Waals surface area contributed by atoms with Gasteiger partial charge in [-0.2, -0.15) is 5.10 Å². The molecule has 184 valence electrons. The average molecular weight is 494 g/mol. The van der Waals surface area contributed by atoms with Gasteiger partial charge in [0.1, 0.15) is 5.82 Å². The third-order valence-electron chi connectivity index (χ3n) is 7.08. The van der Waals surface area contributed by atoms with Crippen LogP contribution in [0.2, 0.25) is 0 Å². The summed E-state index contributed by atoms with van der Waals surface area (Å²) in [7, 11) is 0. The smallest absolute Gasteiger partial charge is 0.248 e. The third kappa shape index (κ3) is 4.03. The molecule has 0 saturated carbocycles. The van der Waals surface area contributed by atoms with Crippen molar-refractivity contribution in [1.29, 1.82) is 0 Å². The molecule has 7 rings (SSSR count). The van der Waals surface area contributed by atoms with Crippen molar-refractivity contribution in [2.24, 2.45) is 0 Å². The lowest BCUT2D eigenvalue weighted by Crippen LogP contribution is -2.46. The number of rotatable bonds is 5. The molecule has 0 unspecified atom stereocenters. The summed E-state index contributed by atoms with van der Waals surface area (Å²) in [6.07, 6.45) is 3.75. The van der Waals surface area contributed by atoms with E-state index >= 15 is 0 Å². The fourth-order valence-corrected chi connectivity index (χ4v) is 5.15. The van der Waals surface area contributed by atoms with Crippen molar-refractivity contribution in [3.63, 3.8) is 0 Å². The van der Waals surface area contributed by atoms with Crippen LogP contribution < -0.4 is 4.90 Å². The average Bonchev–Trinajstić information content (AvgIpc) is 3.70. The van der Waals surface area contributed by atoms with E-state index in [2.05, 4.69) is 65.5 Å². The normalized spacial score (nSPS) is 14.7. The van der Waals surface area contributed by atoms with Gasteiger partial charge in [0.15, 0.2) is 0 Å². The molecule has 0 aliphatic carbocycles. The topological polar surface area (TPSA) is 89.9 Å². The fraction of sp³-hybridized carbons (Fsp3) is 0.179. The summed E-state index contributed by atoms with van der Waals surface area (Å²) in [6.45, 7) is 4.01. The number of anilines is 1. The van der Waals surface area contributed by atoms with E-state index < -0.39 is 0 Å². The number of aromatic amines is 2. The summed E-state index contributed by atoms with van der Waals surface area (Å²) in [6, 6.07) is 19.2. The summed E-state index contributed by atoms with van der Waals surface area (Å²) in [4.78, 5) is 7.85. The molecule has 0 spiro atoms. The van der Waals surface area contributed by atoms with Crippen molar-refractivity contribution in [2.45, 2.75) is 6.54 Å². The number of nitrogens with zero attached hydrogens (tertiary/aromatic N) is 5. The molecule has 9 heteroatoms. The zero-order valence-corrected chi connectivity index (χ0v) is 20.0. The van der Waals surface area contributed by atoms with Crippen LogP contribution >= 0.6 is 0 Å². The number of H-pyrrole nitrogens is 2. The Morgan fingerprint density at radius 3 is 2.59 bits per heavy atom. The molecule has 8 nitrogen and oxygen atoms in total. The Balaban J connectivity index is 1.13. The molecular weight excluding hydrogens is 469 g/mol. The highest BCUT2D eigenvalue weighted by Crippen LogP contribution is 2.35. The lowest BCUT2D eigenvalue weighted by Gasteiger charge is -2.35. The van der Waals surface area contributed by atoms with Crippen molar-refractivity contribution in [1.82, 2.24) is 30.3 Å². The Morgan fingerprint density at radius 1 is 0.865 bits per heavy atom. The summed E-state index contributed by atoms with van der Waals surface area (Å²) in [5.41, 5.74) is 6.07. The number of benzene rings is 3. The first-order chi connectivity index (χ1) is 18.2. The van der Waals surface area contributed by atoms with Gasteiger partial charge in [-0.3, -0.25) is 10.00 Å². The van der Waals surface area contributed by atoms with Crippen molar-refractivity contribution in [2.75, 3.05) is 31.1 Å². The minimum atomic E-state index is -0.214. The zero-order valence-electron chi connectivity index (χ0n) is 20.0. The maximum absolute atomic E-state index is 13.3. The maximum atomic E-state index is 13.3. The SMILES string of the molecule is Fc1ccc(N2CCN(Cc3nnc(-c4cc(-c5cccc6[nH]ccc56)cc5[nH]ncc45)o3)CC2)cc1. The molecule has 0 radical (unpaired) electrons. The van der Waals surface area contributed by atoms with E-state index in [9.17, 15) is 4.39 Å². The lowest BCUT2D eigenvalue weighted by molar-refractivity contribution is 0.227. The molecule has 4 heterocycles. The van der Waals surface area contributed by atoms with Crippen LogP contribution in [0.15, 0.2) is 77.5 Å². The minimum Gasteiger partial charge on any atom is -0.419 e. The predicted molar refractivity (Wildman–Crippen MR) is 141 cm³/mol. The van der Waals surface area contributed by atoms with Gasteiger partial charge in [-0.25, -0.2) is 4.39 Å². The van der Waals surface area contributed by atoms with Gasteiger partial charge in [-0.05, 0) is 59.7 Å².